The van der Waals surface area contributed by atoms with Crippen molar-refractivity contribution in [3.8, 4) is 11.8 Å². The van der Waals surface area contributed by atoms with Gasteiger partial charge in [-0.05, 0) is 24.6 Å². The first-order valence-electron chi connectivity index (χ1n) is 6.00. The van der Waals surface area contributed by atoms with E-state index < -0.39 is 9.84 Å². The summed E-state index contributed by atoms with van der Waals surface area (Å²) in [6.07, 6.45) is 1.12. The lowest BCUT2D eigenvalue weighted by Crippen LogP contribution is -2.29. The van der Waals surface area contributed by atoms with Crippen LogP contribution in [-0.2, 0) is 9.84 Å². The standard InChI is InChI=1S/C14H17NO4S/c1-11-5-6-12(4-3-8-16)10-13(11)14(17)15-7-9-20(2,18)19/h5-6,10,16H,7-9H2,1-2H3,(H,15,17). The van der Waals surface area contributed by atoms with E-state index in [1.165, 1.54) is 0 Å². The van der Waals surface area contributed by atoms with Gasteiger partial charge in [-0.25, -0.2) is 8.42 Å². The number of nitrogens with one attached hydrogen (secondary N) is 1. The maximum atomic E-state index is 12.0. The number of carbonyl (C=O) groups excluding carboxylic acids is 1. The Kier molecular flexibility index (Phi) is 5.74. The van der Waals surface area contributed by atoms with Gasteiger partial charge in [-0.2, -0.15) is 0 Å². The number of hydrogen-bond acceptors (Lipinski definition) is 4. The molecule has 0 aliphatic heterocycles. The Morgan fingerprint density at radius 2 is 2.10 bits per heavy atom. The van der Waals surface area contributed by atoms with Crippen molar-refractivity contribution in [2.45, 2.75) is 6.92 Å². The second-order valence-electron chi connectivity index (χ2n) is 4.38. The third kappa shape index (κ3) is 5.43. The summed E-state index contributed by atoms with van der Waals surface area (Å²) in [5, 5.41) is 11.2. The lowest BCUT2D eigenvalue weighted by Gasteiger charge is -2.07. The molecule has 0 saturated heterocycles. The summed E-state index contributed by atoms with van der Waals surface area (Å²) in [7, 11) is -3.10. The monoisotopic (exact) mass is 295 g/mol. The third-order valence-electron chi connectivity index (χ3n) is 2.55. The van der Waals surface area contributed by atoms with E-state index in [-0.39, 0.29) is 24.8 Å². The van der Waals surface area contributed by atoms with Gasteiger partial charge in [-0.3, -0.25) is 4.79 Å². The van der Waals surface area contributed by atoms with Gasteiger partial charge in [-0.1, -0.05) is 17.9 Å². The van der Waals surface area contributed by atoms with Crippen molar-refractivity contribution < 1.29 is 18.3 Å². The molecule has 1 rings (SSSR count). The fourth-order valence-corrected chi connectivity index (χ4v) is 2.00. The molecule has 1 aromatic carbocycles. The van der Waals surface area contributed by atoms with Crippen LogP contribution in [0.4, 0.5) is 0 Å². The molecule has 6 heteroatoms. The van der Waals surface area contributed by atoms with Crippen molar-refractivity contribution in [2.75, 3.05) is 25.2 Å². The van der Waals surface area contributed by atoms with Crippen LogP contribution in [0.25, 0.3) is 0 Å². The Morgan fingerprint density at radius 1 is 1.40 bits per heavy atom. The SMILES string of the molecule is Cc1ccc(C#CCO)cc1C(=O)NCCS(C)(=O)=O. The van der Waals surface area contributed by atoms with Gasteiger partial charge >= 0.3 is 0 Å². The zero-order valence-corrected chi connectivity index (χ0v) is 12.3. The molecular weight excluding hydrogens is 278 g/mol. The van der Waals surface area contributed by atoms with E-state index in [4.69, 9.17) is 5.11 Å². The van der Waals surface area contributed by atoms with Gasteiger partial charge < -0.3 is 10.4 Å². The molecule has 5 nitrogen and oxygen atoms in total. The number of amides is 1. The van der Waals surface area contributed by atoms with Crippen LogP contribution in [-0.4, -0.2) is 44.6 Å². The van der Waals surface area contributed by atoms with Gasteiger partial charge in [0.1, 0.15) is 16.4 Å². The van der Waals surface area contributed by atoms with Gasteiger partial charge in [0.2, 0.25) is 0 Å². The molecule has 0 bridgehead atoms. The Morgan fingerprint density at radius 3 is 2.70 bits per heavy atom. The lowest BCUT2D eigenvalue weighted by atomic mass is 10.0. The quantitative estimate of drug-likeness (QED) is 0.773. The maximum Gasteiger partial charge on any atom is 0.251 e. The van der Waals surface area contributed by atoms with Crippen molar-refractivity contribution in [2.24, 2.45) is 0 Å². The first kappa shape index (κ1) is 16.2. The predicted octanol–water partition coefficient (Wildman–Crippen LogP) is 0.113. The van der Waals surface area contributed by atoms with Crippen LogP contribution in [0.5, 0.6) is 0 Å². The number of aryl methyl sites for hydroxylation is 1. The van der Waals surface area contributed by atoms with Crippen LogP contribution in [0.2, 0.25) is 0 Å². The first-order chi connectivity index (χ1) is 9.33. The highest BCUT2D eigenvalue weighted by molar-refractivity contribution is 7.90. The zero-order chi connectivity index (χ0) is 15.2. The van der Waals surface area contributed by atoms with Gasteiger partial charge in [0.25, 0.3) is 5.91 Å². The second-order valence-corrected chi connectivity index (χ2v) is 6.64. The van der Waals surface area contributed by atoms with Crippen LogP contribution in [0.15, 0.2) is 18.2 Å². The fraction of sp³-hybridized carbons (Fsp3) is 0.357. The summed E-state index contributed by atoms with van der Waals surface area (Å²) in [4.78, 5) is 12.0. The van der Waals surface area contributed by atoms with E-state index in [0.29, 0.717) is 11.1 Å². The highest BCUT2D eigenvalue weighted by Gasteiger charge is 2.10. The van der Waals surface area contributed by atoms with E-state index in [2.05, 4.69) is 17.2 Å². The predicted molar refractivity (Wildman–Crippen MR) is 77.2 cm³/mol. The Labute approximate surface area is 118 Å². The Balaban J connectivity index is 2.81. The molecule has 1 amide bonds. The normalized spacial score (nSPS) is 10.6. The molecule has 0 aliphatic carbocycles. The summed E-state index contributed by atoms with van der Waals surface area (Å²) < 4.78 is 22.0. The van der Waals surface area contributed by atoms with Crippen LogP contribution in [0, 0.1) is 18.8 Å². The summed E-state index contributed by atoms with van der Waals surface area (Å²) in [6.45, 7) is 1.61. The number of aliphatic hydroxyl groups is 1. The Bertz CT molecular complexity index is 653. The van der Waals surface area contributed by atoms with Gasteiger partial charge in [-0.15, -0.1) is 0 Å². The Hall–Kier alpha value is -1.84. The number of hydrogen-bond donors (Lipinski definition) is 2. The summed E-state index contributed by atoms with van der Waals surface area (Å²) in [5.41, 5.74) is 1.84. The van der Waals surface area contributed by atoms with E-state index in [1.807, 2.05) is 0 Å². The van der Waals surface area contributed by atoms with E-state index in [9.17, 15) is 13.2 Å². The molecule has 0 spiro atoms. The number of sulfone groups is 1. The molecule has 0 aromatic heterocycles. The van der Waals surface area contributed by atoms with Crippen LogP contribution in [0.1, 0.15) is 21.5 Å². The highest BCUT2D eigenvalue weighted by Crippen LogP contribution is 2.10. The van der Waals surface area contributed by atoms with Crippen molar-refractivity contribution >= 4 is 15.7 Å². The van der Waals surface area contributed by atoms with Crippen LogP contribution >= 0.6 is 0 Å². The molecule has 0 atom stereocenters. The molecule has 0 saturated carbocycles. The number of aliphatic hydroxyl groups excluding tert-OH is 1. The third-order valence-corrected chi connectivity index (χ3v) is 3.50. The molecule has 0 radical (unpaired) electrons. The summed E-state index contributed by atoms with van der Waals surface area (Å²) >= 11 is 0. The molecule has 0 heterocycles. The minimum atomic E-state index is -3.10. The highest BCUT2D eigenvalue weighted by atomic mass is 32.2. The van der Waals surface area contributed by atoms with Gasteiger partial charge in [0.05, 0.1) is 5.75 Å². The lowest BCUT2D eigenvalue weighted by molar-refractivity contribution is 0.0955. The molecule has 0 fully saturated rings. The van der Waals surface area contributed by atoms with Crippen molar-refractivity contribution in [3.05, 3.63) is 34.9 Å². The minimum Gasteiger partial charge on any atom is -0.384 e. The van der Waals surface area contributed by atoms with Crippen LogP contribution < -0.4 is 5.32 Å². The van der Waals surface area contributed by atoms with Crippen LogP contribution in [0.3, 0.4) is 0 Å². The molecule has 2 N–H and O–H groups in total. The molecule has 0 aliphatic rings. The molecule has 108 valence electrons. The summed E-state index contributed by atoms with van der Waals surface area (Å²) in [5.74, 6) is 4.80. The maximum absolute atomic E-state index is 12.0. The van der Waals surface area contributed by atoms with Crippen molar-refractivity contribution in [1.29, 1.82) is 0 Å². The average Bonchev–Trinajstić information content (AvgIpc) is 2.36. The molecular formula is C14H17NO4S. The van der Waals surface area contributed by atoms with E-state index in [1.54, 1.807) is 25.1 Å². The topological polar surface area (TPSA) is 83.5 Å². The van der Waals surface area contributed by atoms with Gasteiger partial charge in [0, 0.05) is 23.9 Å². The van der Waals surface area contributed by atoms with E-state index >= 15 is 0 Å². The van der Waals surface area contributed by atoms with E-state index in [0.717, 1.165) is 11.8 Å². The van der Waals surface area contributed by atoms with Crippen molar-refractivity contribution in [1.82, 2.24) is 5.32 Å². The fourth-order valence-electron chi connectivity index (χ4n) is 1.53. The molecule has 1 aromatic rings. The number of carbonyl (C=O) groups is 1. The molecule has 0 unspecified atom stereocenters. The number of benzene rings is 1. The largest absolute Gasteiger partial charge is 0.384 e. The zero-order valence-electron chi connectivity index (χ0n) is 11.4. The van der Waals surface area contributed by atoms with Crippen molar-refractivity contribution in [3.63, 3.8) is 0 Å². The second kappa shape index (κ2) is 7.08. The average molecular weight is 295 g/mol. The minimum absolute atomic E-state index is 0.0731. The van der Waals surface area contributed by atoms with Gasteiger partial charge in [0.15, 0.2) is 0 Å². The number of rotatable bonds is 4. The smallest absolute Gasteiger partial charge is 0.251 e. The first-order valence-corrected chi connectivity index (χ1v) is 8.06. The molecule has 20 heavy (non-hydrogen) atoms. The summed E-state index contributed by atoms with van der Waals surface area (Å²) in [6, 6.07) is 5.13.